The third-order valence-corrected chi connectivity index (χ3v) is 5.20. The first kappa shape index (κ1) is 15.5. The van der Waals surface area contributed by atoms with Crippen molar-refractivity contribution in [3.05, 3.63) is 18.5 Å². The summed E-state index contributed by atoms with van der Waals surface area (Å²) in [5, 5.41) is 10.9. The molecule has 6 nitrogen and oxygen atoms in total. The van der Waals surface area contributed by atoms with Gasteiger partial charge in [-0.15, -0.1) is 0 Å². The molecule has 2 aliphatic rings. The minimum absolute atomic E-state index is 0.126. The molecule has 3 heterocycles. The molecule has 122 valence electrons. The Balaban J connectivity index is 1.68. The number of nitrogens with one attached hydrogen (secondary N) is 2. The van der Waals surface area contributed by atoms with E-state index in [0.717, 1.165) is 45.6 Å². The van der Waals surface area contributed by atoms with Crippen molar-refractivity contribution in [1.82, 2.24) is 25.3 Å². The molecule has 1 atom stereocenters. The normalized spacial score (nSPS) is 25.2. The van der Waals surface area contributed by atoms with Crippen molar-refractivity contribution in [3.8, 4) is 0 Å². The molecule has 0 radical (unpaired) electrons. The lowest BCUT2D eigenvalue weighted by Gasteiger charge is -2.37. The summed E-state index contributed by atoms with van der Waals surface area (Å²) in [5.74, 6) is 0.126. The van der Waals surface area contributed by atoms with Gasteiger partial charge in [-0.2, -0.15) is 5.10 Å². The van der Waals surface area contributed by atoms with Crippen LogP contribution in [0, 0.1) is 0 Å². The molecular formula is C16H27N5O. The topological polar surface area (TPSA) is 62.2 Å². The lowest BCUT2D eigenvalue weighted by atomic mass is 9.87. The predicted octanol–water partition coefficient (Wildman–Crippen LogP) is 0.562. The van der Waals surface area contributed by atoms with Gasteiger partial charge in [0.25, 0.3) is 0 Å². The van der Waals surface area contributed by atoms with E-state index < -0.39 is 5.54 Å². The highest BCUT2D eigenvalue weighted by Crippen LogP contribution is 2.27. The molecule has 22 heavy (non-hydrogen) atoms. The van der Waals surface area contributed by atoms with Crippen molar-refractivity contribution in [3.63, 3.8) is 0 Å². The maximum atomic E-state index is 13.0. The summed E-state index contributed by atoms with van der Waals surface area (Å²) in [6.45, 7) is 6.89. The molecule has 0 bridgehead atoms. The highest BCUT2D eigenvalue weighted by molar-refractivity contribution is 5.84. The summed E-state index contributed by atoms with van der Waals surface area (Å²) in [6.07, 6.45) is 7.68. The molecule has 0 spiro atoms. The Labute approximate surface area is 132 Å². The van der Waals surface area contributed by atoms with Gasteiger partial charge in [-0.3, -0.25) is 14.4 Å². The zero-order chi connectivity index (χ0) is 15.4. The van der Waals surface area contributed by atoms with Crippen LogP contribution in [0.5, 0.6) is 0 Å². The summed E-state index contributed by atoms with van der Waals surface area (Å²) in [6, 6.07) is 2.39. The fraction of sp³-hybridized carbons (Fsp3) is 0.750. The largest absolute Gasteiger partial charge is 0.352 e. The molecule has 1 amide bonds. The molecule has 0 saturated carbocycles. The maximum Gasteiger partial charge on any atom is 0.248 e. The number of amides is 1. The van der Waals surface area contributed by atoms with Crippen molar-refractivity contribution in [2.24, 2.45) is 0 Å². The number of likely N-dealkylation sites (N-methyl/N-ethyl adjacent to an activating group) is 1. The molecule has 1 unspecified atom stereocenters. The summed E-state index contributed by atoms with van der Waals surface area (Å²) in [7, 11) is 0. The van der Waals surface area contributed by atoms with Crippen LogP contribution in [0.2, 0.25) is 0 Å². The fourth-order valence-corrected chi connectivity index (χ4v) is 3.84. The molecule has 1 aromatic heterocycles. The second-order valence-electron chi connectivity index (χ2n) is 6.37. The van der Waals surface area contributed by atoms with E-state index in [4.69, 9.17) is 0 Å². The summed E-state index contributed by atoms with van der Waals surface area (Å²) >= 11 is 0. The van der Waals surface area contributed by atoms with E-state index in [0.29, 0.717) is 6.04 Å². The Morgan fingerprint density at radius 1 is 1.45 bits per heavy atom. The summed E-state index contributed by atoms with van der Waals surface area (Å²) < 4.78 is 1.86. The quantitative estimate of drug-likeness (QED) is 0.834. The van der Waals surface area contributed by atoms with Crippen LogP contribution in [-0.2, 0) is 10.3 Å². The lowest BCUT2D eigenvalue weighted by Crippen LogP contribution is -2.56. The summed E-state index contributed by atoms with van der Waals surface area (Å²) in [4.78, 5) is 15.4. The van der Waals surface area contributed by atoms with Crippen molar-refractivity contribution < 1.29 is 4.79 Å². The van der Waals surface area contributed by atoms with Gasteiger partial charge in [-0.1, -0.05) is 6.92 Å². The smallest absolute Gasteiger partial charge is 0.248 e. The Bertz CT molecular complexity index is 481. The van der Waals surface area contributed by atoms with E-state index in [9.17, 15) is 4.79 Å². The average Bonchev–Trinajstić information content (AvgIpc) is 3.24. The van der Waals surface area contributed by atoms with Gasteiger partial charge >= 0.3 is 0 Å². The minimum Gasteiger partial charge on any atom is -0.352 e. The minimum atomic E-state index is -0.523. The molecule has 2 N–H and O–H groups in total. The molecule has 3 rings (SSSR count). The second kappa shape index (κ2) is 6.79. The number of hydrogen-bond acceptors (Lipinski definition) is 4. The van der Waals surface area contributed by atoms with Crippen molar-refractivity contribution in [2.75, 3.05) is 32.7 Å². The van der Waals surface area contributed by atoms with Gasteiger partial charge in [0.2, 0.25) is 5.91 Å². The third kappa shape index (κ3) is 2.90. The zero-order valence-corrected chi connectivity index (χ0v) is 13.4. The van der Waals surface area contributed by atoms with Crippen LogP contribution in [0.3, 0.4) is 0 Å². The van der Waals surface area contributed by atoms with Gasteiger partial charge in [-0.25, -0.2) is 0 Å². The van der Waals surface area contributed by atoms with Gasteiger partial charge in [0.1, 0.15) is 5.54 Å². The number of carbonyl (C=O) groups excluding carboxylic acids is 1. The van der Waals surface area contributed by atoms with Crippen LogP contribution in [0.1, 0.15) is 32.6 Å². The molecule has 2 fully saturated rings. The van der Waals surface area contributed by atoms with Gasteiger partial charge in [0, 0.05) is 25.0 Å². The first-order chi connectivity index (χ1) is 10.8. The van der Waals surface area contributed by atoms with Crippen LogP contribution in [0.4, 0.5) is 0 Å². The van der Waals surface area contributed by atoms with Crippen molar-refractivity contribution >= 4 is 5.91 Å². The van der Waals surface area contributed by atoms with Crippen LogP contribution >= 0.6 is 0 Å². The van der Waals surface area contributed by atoms with E-state index in [1.807, 2.05) is 16.9 Å². The SMILES string of the molecule is CCN1CCCC1CNC(=O)C1(n2cccn2)CCNCC1. The Morgan fingerprint density at radius 3 is 2.95 bits per heavy atom. The number of carbonyl (C=O) groups is 1. The number of nitrogens with zero attached hydrogens (tertiary/aromatic N) is 3. The molecular weight excluding hydrogens is 278 g/mol. The zero-order valence-electron chi connectivity index (χ0n) is 13.4. The van der Waals surface area contributed by atoms with Gasteiger partial charge < -0.3 is 10.6 Å². The van der Waals surface area contributed by atoms with Crippen LogP contribution < -0.4 is 10.6 Å². The van der Waals surface area contributed by atoms with E-state index >= 15 is 0 Å². The molecule has 0 aromatic carbocycles. The van der Waals surface area contributed by atoms with E-state index in [2.05, 4.69) is 27.6 Å². The van der Waals surface area contributed by atoms with Crippen LogP contribution in [-0.4, -0.2) is 59.4 Å². The van der Waals surface area contributed by atoms with E-state index in [1.165, 1.54) is 12.8 Å². The molecule has 2 aliphatic heterocycles. The van der Waals surface area contributed by atoms with Gasteiger partial charge in [-0.05, 0) is 57.9 Å². The number of rotatable bonds is 5. The standard InChI is InChI=1S/C16H27N5O/c1-2-20-11-3-5-14(20)13-18-15(22)16(6-9-17-10-7-16)21-12-4-8-19-21/h4,8,12,14,17H,2-3,5-7,9-11,13H2,1H3,(H,18,22). The Hall–Kier alpha value is -1.40. The maximum absolute atomic E-state index is 13.0. The molecule has 0 aliphatic carbocycles. The van der Waals surface area contributed by atoms with E-state index in [-0.39, 0.29) is 5.91 Å². The first-order valence-electron chi connectivity index (χ1n) is 8.49. The second-order valence-corrected chi connectivity index (χ2v) is 6.37. The van der Waals surface area contributed by atoms with Crippen molar-refractivity contribution in [2.45, 2.75) is 44.2 Å². The fourth-order valence-electron chi connectivity index (χ4n) is 3.84. The van der Waals surface area contributed by atoms with Crippen LogP contribution in [0.15, 0.2) is 18.5 Å². The number of piperidine rings is 1. The number of hydrogen-bond donors (Lipinski definition) is 2. The highest BCUT2D eigenvalue weighted by Gasteiger charge is 2.42. The van der Waals surface area contributed by atoms with E-state index in [1.54, 1.807) is 6.20 Å². The molecule has 2 saturated heterocycles. The summed E-state index contributed by atoms with van der Waals surface area (Å²) in [5.41, 5.74) is -0.523. The monoisotopic (exact) mass is 305 g/mol. The highest BCUT2D eigenvalue weighted by atomic mass is 16.2. The molecule has 6 heteroatoms. The lowest BCUT2D eigenvalue weighted by molar-refractivity contribution is -0.132. The third-order valence-electron chi connectivity index (χ3n) is 5.20. The van der Waals surface area contributed by atoms with Crippen LogP contribution in [0.25, 0.3) is 0 Å². The van der Waals surface area contributed by atoms with Gasteiger partial charge in [0.15, 0.2) is 0 Å². The van der Waals surface area contributed by atoms with Gasteiger partial charge in [0.05, 0.1) is 0 Å². The first-order valence-corrected chi connectivity index (χ1v) is 8.49. The molecule has 1 aromatic rings. The average molecular weight is 305 g/mol. The number of aromatic nitrogens is 2. The number of likely N-dealkylation sites (tertiary alicyclic amines) is 1. The Morgan fingerprint density at radius 2 is 2.27 bits per heavy atom. The predicted molar refractivity (Wildman–Crippen MR) is 85.6 cm³/mol. The Kier molecular flexibility index (Phi) is 4.78. The van der Waals surface area contributed by atoms with Crippen molar-refractivity contribution in [1.29, 1.82) is 0 Å².